The van der Waals surface area contributed by atoms with Gasteiger partial charge in [-0.15, -0.1) is 0 Å². The number of alkyl halides is 1. The van der Waals surface area contributed by atoms with Crippen LogP contribution in [0.15, 0.2) is 0 Å². The van der Waals surface area contributed by atoms with Gasteiger partial charge in [-0.2, -0.15) is 0 Å². The Balaban J connectivity index is 2.46. The highest BCUT2D eigenvalue weighted by molar-refractivity contribution is 9.09. The smallest absolute Gasteiger partial charge is 0.233 e. The molecule has 0 aromatic heterocycles. The fourth-order valence-electron chi connectivity index (χ4n) is 1.69. The summed E-state index contributed by atoms with van der Waals surface area (Å²) in [5.41, 5.74) is 0. The molecule has 3 nitrogen and oxygen atoms in total. The average molecular weight is 249 g/mol. The third-order valence-electron chi connectivity index (χ3n) is 2.59. The molecular weight excluding hydrogens is 232 g/mol. The van der Waals surface area contributed by atoms with Crippen molar-refractivity contribution >= 4 is 21.8 Å². The highest BCUT2D eigenvalue weighted by atomic mass is 79.9. The van der Waals surface area contributed by atoms with Crippen LogP contribution in [0.4, 0.5) is 0 Å². The van der Waals surface area contributed by atoms with Crippen LogP contribution in [0.5, 0.6) is 0 Å². The van der Waals surface area contributed by atoms with Crippen molar-refractivity contribution in [1.82, 2.24) is 9.80 Å². The first-order valence-corrected chi connectivity index (χ1v) is 5.77. The molecular formula is C9H17BrN2O. The predicted octanol–water partition coefficient (Wildman–Crippen LogP) is 0.934. The number of likely N-dealkylation sites (tertiary alicyclic amines) is 1. The van der Waals surface area contributed by atoms with Crippen LogP contribution >= 0.6 is 15.9 Å². The van der Waals surface area contributed by atoms with E-state index in [9.17, 15) is 4.79 Å². The van der Waals surface area contributed by atoms with Crippen molar-refractivity contribution in [2.45, 2.75) is 18.9 Å². The minimum atomic E-state index is 0.214. The van der Waals surface area contributed by atoms with E-state index >= 15 is 0 Å². The lowest BCUT2D eigenvalue weighted by Crippen LogP contribution is -2.47. The Bertz CT molecular complexity index is 184. The minimum Gasteiger partial charge on any atom is -0.340 e. The predicted molar refractivity (Wildman–Crippen MR) is 57.1 cm³/mol. The Morgan fingerprint density at radius 3 is 2.85 bits per heavy atom. The Morgan fingerprint density at radius 1 is 1.62 bits per heavy atom. The lowest BCUT2D eigenvalue weighted by Gasteiger charge is -2.35. The van der Waals surface area contributed by atoms with Gasteiger partial charge in [0.05, 0.1) is 5.33 Å². The summed E-state index contributed by atoms with van der Waals surface area (Å²) in [6.45, 7) is 1.81. The Morgan fingerprint density at radius 2 is 2.31 bits per heavy atom. The second-order valence-electron chi connectivity index (χ2n) is 3.73. The maximum atomic E-state index is 11.4. The van der Waals surface area contributed by atoms with Gasteiger partial charge in [0.25, 0.3) is 0 Å². The highest BCUT2D eigenvalue weighted by Crippen LogP contribution is 2.13. The van der Waals surface area contributed by atoms with Crippen LogP contribution in [0.3, 0.4) is 0 Å². The van der Waals surface area contributed by atoms with Crippen LogP contribution < -0.4 is 0 Å². The topological polar surface area (TPSA) is 23.6 Å². The summed E-state index contributed by atoms with van der Waals surface area (Å²) in [5.74, 6) is 0.214. The zero-order chi connectivity index (χ0) is 9.84. The molecule has 0 saturated carbocycles. The lowest BCUT2D eigenvalue weighted by molar-refractivity contribution is -0.130. The quantitative estimate of drug-likeness (QED) is 0.680. The van der Waals surface area contributed by atoms with Crippen molar-refractivity contribution in [1.29, 1.82) is 0 Å². The van der Waals surface area contributed by atoms with E-state index in [0.717, 1.165) is 19.5 Å². The van der Waals surface area contributed by atoms with Crippen LogP contribution in [0.25, 0.3) is 0 Å². The number of hydrogen-bond donors (Lipinski definition) is 0. The lowest BCUT2D eigenvalue weighted by atomic mass is 10.1. The average Bonchev–Trinajstić information content (AvgIpc) is 2.17. The third kappa shape index (κ3) is 2.95. The molecule has 0 radical (unpaired) electrons. The summed E-state index contributed by atoms with van der Waals surface area (Å²) in [4.78, 5) is 15.5. The molecule has 1 amide bonds. The first kappa shape index (κ1) is 11.0. The van der Waals surface area contributed by atoms with E-state index in [1.165, 1.54) is 6.42 Å². The van der Waals surface area contributed by atoms with Crippen LogP contribution in [0.2, 0.25) is 0 Å². The molecule has 1 aliphatic rings. The highest BCUT2D eigenvalue weighted by Gasteiger charge is 2.23. The SMILES string of the molecule is CN(C)C1CCCN(C(=O)CBr)C1. The van der Waals surface area contributed by atoms with Crippen molar-refractivity contribution < 1.29 is 4.79 Å². The summed E-state index contributed by atoms with van der Waals surface area (Å²) in [7, 11) is 4.15. The maximum absolute atomic E-state index is 11.4. The van der Waals surface area contributed by atoms with Crippen LogP contribution in [0, 0.1) is 0 Å². The van der Waals surface area contributed by atoms with E-state index in [1.807, 2.05) is 4.90 Å². The molecule has 4 heteroatoms. The molecule has 1 fully saturated rings. The van der Waals surface area contributed by atoms with Gasteiger partial charge in [0.2, 0.25) is 5.91 Å². The summed E-state index contributed by atoms with van der Waals surface area (Å²) < 4.78 is 0. The zero-order valence-corrected chi connectivity index (χ0v) is 9.88. The van der Waals surface area contributed by atoms with Gasteiger partial charge >= 0.3 is 0 Å². The van der Waals surface area contributed by atoms with Gasteiger partial charge in [-0.05, 0) is 26.9 Å². The Hall–Kier alpha value is -0.0900. The minimum absolute atomic E-state index is 0.214. The van der Waals surface area contributed by atoms with Gasteiger partial charge in [0.1, 0.15) is 0 Å². The number of carbonyl (C=O) groups excluding carboxylic acids is 1. The molecule has 0 aromatic carbocycles. The Kier molecular flexibility index (Phi) is 4.19. The van der Waals surface area contributed by atoms with Crippen molar-refractivity contribution in [3.63, 3.8) is 0 Å². The van der Waals surface area contributed by atoms with Gasteiger partial charge in [0.15, 0.2) is 0 Å². The third-order valence-corrected chi connectivity index (χ3v) is 3.07. The molecule has 13 heavy (non-hydrogen) atoms. The van der Waals surface area contributed by atoms with E-state index < -0.39 is 0 Å². The fourth-order valence-corrected chi connectivity index (χ4v) is 2.04. The molecule has 1 aliphatic heterocycles. The second-order valence-corrected chi connectivity index (χ2v) is 4.29. The second kappa shape index (κ2) is 4.96. The summed E-state index contributed by atoms with van der Waals surface area (Å²) in [5, 5.41) is 0.452. The van der Waals surface area contributed by atoms with Gasteiger partial charge in [-0.1, -0.05) is 15.9 Å². The number of likely N-dealkylation sites (N-methyl/N-ethyl adjacent to an activating group) is 1. The maximum Gasteiger partial charge on any atom is 0.233 e. The molecule has 1 saturated heterocycles. The zero-order valence-electron chi connectivity index (χ0n) is 8.29. The van der Waals surface area contributed by atoms with Gasteiger partial charge in [-0.25, -0.2) is 0 Å². The van der Waals surface area contributed by atoms with Gasteiger partial charge < -0.3 is 9.80 Å². The fraction of sp³-hybridized carbons (Fsp3) is 0.889. The number of piperidine rings is 1. The van der Waals surface area contributed by atoms with Crippen LogP contribution in [-0.4, -0.2) is 54.3 Å². The summed E-state index contributed by atoms with van der Waals surface area (Å²) in [6, 6.07) is 0.539. The number of carbonyl (C=O) groups is 1. The molecule has 76 valence electrons. The monoisotopic (exact) mass is 248 g/mol. The number of rotatable bonds is 2. The molecule has 0 aliphatic carbocycles. The van der Waals surface area contributed by atoms with Crippen molar-refractivity contribution in [3.05, 3.63) is 0 Å². The first-order chi connectivity index (χ1) is 6.15. The van der Waals surface area contributed by atoms with Crippen molar-refractivity contribution in [3.8, 4) is 0 Å². The van der Waals surface area contributed by atoms with E-state index in [2.05, 4.69) is 34.9 Å². The number of nitrogens with zero attached hydrogens (tertiary/aromatic N) is 2. The molecule has 1 rings (SSSR count). The summed E-state index contributed by atoms with van der Waals surface area (Å²) in [6.07, 6.45) is 2.33. The summed E-state index contributed by atoms with van der Waals surface area (Å²) >= 11 is 3.20. The number of hydrogen-bond acceptors (Lipinski definition) is 2. The molecule has 1 unspecified atom stereocenters. The van der Waals surface area contributed by atoms with E-state index in [0.29, 0.717) is 11.4 Å². The largest absolute Gasteiger partial charge is 0.340 e. The molecule has 0 spiro atoms. The molecule has 0 N–H and O–H groups in total. The van der Waals surface area contributed by atoms with Crippen LogP contribution in [0.1, 0.15) is 12.8 Å². The van der Waals surface area contributed by atoms with E-state index in [4.69, 9.17) is 0 Å². The standard InChI is InChI=1S/C9H17BrN2O/c1-11(2)8-4-3-5-12(7-8)9(13)6-10/h8H,3-7H2,1-2H3. The molecule has 1 heterocycles. The molecule has 0 bridgehead atoms. The van der Waals surface area contributed by atoms with Crippen LogP contribution in [-0.2, 0) is 4.79 Å². The van der Waals surface area contributed by atoms with E-state index in [-0.39, 0.29) is 5.91 Å². The molecule has 0 aromatic rings. The van der Waals surface area contributed by atoms with E-state index in [1.54, 1.807) is 0 Å². The number of amides is 1. The number of halogens is 1. The first-order valence-electron chi connectivity index (χ1n) is 4.65. The van der Waals surface area contributed by atoms with Crippen molar-refractivity contribution in [2.75, 3.05) is 32.5 Å². The Labute approximate surface area is 88.2 Å². The normalized spacial score (nSPS) is 23.7. The van der Waals surface area contributed by atoms with Gasteiger partial charge in [0, 0.05) is 19.1 Å². The molecule has 1 atom stereocenters. The van der Waals surface area contributed by atoms with Crippen molar-refractivity contribution in [2.24, 2.45) is 0 Å². The van der Waals surface area contributed by atoms with Gasteiger partial charge in [-0.3, -0.25) is 4.79 Å².